The topological polar surface area (TPSA) is 107 Å². The largest absolute Gasteiger partial charge is 0.462 e. The normalized spacial score (nSPS) is 10.7. The number of carbonyl (C=O) groups excluding carboxylic acids is 3. The van der Waals surface area contributed by atoms with E-state index in [4.69, 9.17) is 9.47 Å². The molecule has 2 N–H and O–H groups in total. The van der Waals surface area contributed by atoms with Crippen LogP contribution < -0.4 is 10.6 Å². The number of aromatic nitrogens is 1. The van der Waals surface area contributed by atoms with Gasteiger partial charge in [0.25, 0.3) is 0 Å². The van der Waals surface area contributed by atoms with E-state index in [1.165, 1.54) is 28.9 Å². The van der Waals surface area contributed by atoms with E-state index in [0.29, 0.717) is 42.8 Å². The molecule has 3 heterocycles. The fraction of sp³-hybridized carbons (Fsp3) is 0.176. The number of nitrogens with one attached hydrogen (secondary N) is 2. The fourth-order valence-electron chi connectivity index (χ4n) is 4.66. The van der Waals surface area contributed by atoms with Gasteiger partial charge in [0.15, 0.2) is 0 Å². The number of benzene rings is 2. The second kappa shape index (κ2) is 13.7. The lowest BCUT2D eigenvalue weighted by molar-refractivity contribution is 0.0517. The van der Waals surface area contributed by atoms with Crippen molar-refractivity contribution >= 4 is 61.8 Å². The molecule has 0 amide bonds. The summed E-state index contributed by atoms with van der Waals surface area (Å²) in [5.41, 5.74) is 4.71. The Hall–Kier alpha value is -4.80. The fourth-order valence-corrected chi connectivity index (χ4v) is 7.03. The lowest BCUT2D eigenvalue weighted by Crippen LogP contribution is -2.09. The number of rotatable bonds is 11. The number of ether oxygens (including phenoxy) is 2. The van der Waals surface area contributed by atoms with Crippen LogP contribution in [0.15, 0.2) is 79.0 Å². The Kier molecular flexibility index (Phi) is 9.52. The molecule has 2 aromatic carbocycles. The molecule has 0 aliphatic rings. The number of ketones is 1. The molecule has 0 unspecified atom stereocenters. The van der Waals surface area contributed by atoms with Crippen LogP contribution in [0, 0.1) is 13.8 Å². The van der Waals surface area contributed by atoms with E-state index < -0.39 is 11.9 Å². The zero-order valence-electron chi connectivity index (χ0n) is 24.7. The Morgan fingerprint density at radius 3 is 1.73 bits per heavy atom. The van der Waals surface area contributed by atoms with E-state index >= 15 is 0 Å². The monoisotopic (exact) mass is 625 g/mol. The molecule has 8 nitrogen and oxygen atoms in total. The molecule has 3 aromatic heterocycles. The first-order valence-electron chi connectivity index (χ1n) is 14.1. The van der Waals surface area contributed by atoms with Crippen molar-refractivity contribution in [3.63, 3.8) is 0 Å². The number of hydrogen-bond acceptors (Lipinski definition) is 10. The van der Waals surface area contributed by atoms with Crippen LogP contribution in [0.25, 0.3) is 10.6 Å². The number of pyridine rings is 1. The predicted molar refractivity (Wildman–Crippen MR) is 176 cm³/mol. The summed E-state index contributed by atoms with van der Waals surface area (Å²) in [4.78, 5) is 45.4. The zero-order chi connectivity index (χ0) is 31.2. The van der Waals surface area contributed by atoms with Crippen LogP contribution in [0.1, 0.15) is 60.9 Å². The van der Waals surface area contributed by atoms with Gasteiger partial charge in [-0.05, 0) is 75.2 Å². The zero-order valence-corrected chi connectivity index (χ0v) is 26.4. The molecular weight excluding hydrogens is 595 g/mol. The maximum Gasteiger partial charge on any atom is 0.341 e. The highest BCUT2D eigenvalue weighted by Gasteiger charge is 2.27. The molecule has 10 heteroatoms. The molecule has 5 aromatic rings. The Bertz CT molecular complexity index is 1800. The van der Waals surface area contributed by atoms with Gasteiger partial charge in [-0.1, -0.05) is 36.4 Å². The van der Waals surface area contributed by atoms with Gasteiger partial charge in [0, 0.05) is 23.1 Å². The second-order valence-electron chi connectivity index (χ2n) is 9.70. The van der Waals surface area contributed by atoms with Crippen LogP contribution in [-0.4, -0.2) is 35.9 Å². The van der Waals surface area contributed by atoms with Gasteiger partial charge >= 0.3 is 11.9 Å². The molecular formula is C34H31N3O5S2. The van der Waals surface area contributed by atoms with E-state index in [1.54, 1.807) is 32.9 Å². The van der Waals surface area contributed by atoms with Crippen LogP contribution in [-0.2, 0) is 9.47 Å². The second-order valence-corrected chi connectivity index (χ2v) is 11.7. The number of hydrogen-bond donors (Lipinski definition) is 2. The summed E-state index contributed by atoms with van der Waals surface area (Å²) in [7, 11) is 0. The van der Waals surface area contributed by atoms with Crippen molar-refractivity contribution in [1.29, 1.82) is 0 Å². The standard InChI is InChI=1S/C34H31N3O5S2/c1-5-41-33(39)26-20(3)29(43-31(26)36-23-13-9-7-10-14-23)25-18-17-22(19-35-25)28(38)30-21(4)27(34(40)42-6-2)32(44-30)37-24-15-11-8-12-16-24/h7-19,36-37H,5-6H2,1-4H3. The Balaban J connectivity index is 1.47. The number of esters is 2. The Morgan fingerprint density at radius 1 is 0.705 bits per heavy atom. The first kappa shape index (κ1) is 30.7. The molecule has 0 atom stereocenters. The van der Waals surface area contributed by atoms with Gasteiger partial charge in [-0.2, -0.15) is 0 Å². The van der Waals surface area contributed by atoms with Crippen LogP contribution in [0.2, 0.25) is 0 Å². The molecule has 0 spiro atoms. The molecule has 0 radical (unpaired) electrons. The van der Waals surface area contributed by atoms with E-state index in [1.807, 2.05) is 67.6 Å². The predicted octanol–water partition coefficient (Wildman–Crippen LogP) is 8.56. The van der Waals surface area contributed by atoms with E-state index in [-0.39, 0.29) is 19.0 Å². The third kappa shape index (κ3) is 6.41. The number of anilines is 4. The van der Waals surface area contributed by atoms with Gasteiger partial charge in [0.05, 0.1) is 39.8 Å². The third-order valence-corrected chi connectivity index (χ3v) is 9.22. The number of thiophene rings is 2. The molecule has 5 rings (SSSR count). The van der Waals surface area contributed by atoms with Gasteiger partial charge in [0.1, 0.15) is 10.0 Å². The third-order valence-electron chi connectivity index (χ3n) is 6.78. The highest BCUT2D eigenvalue weighted by atomic mass is 32.1. The average molecular weight is 626 g/mol. The summed E-state index contributed by atoms with van der Waals surface area (Å²) in [6.07, 6.45) is 1.53. The first-order valence-corrected chi connectivity index (χ1v) is 15.7. The van der Waals surface area contributed by atoms with Crippen molar-refractivity contribution in [2.75, 3.05) is 23.8 Å². The van der Waals surface area contributed by atoms with Crippen molar-refractivity contribution < 1.29 is 23.9 Å². The summed E-state index contributed by atoms with van der Waals surface area (Å²) in [6.45, 7) is 7.61. The van der Waals surface area contributed by atoms with Crippen LogP contribution in [0.5, 0.6) is 0 Å². The lowest BCUT2D eigenvalue weighted by Gasteiger charge is -2.07. The highest BCUT2D eigenvalue weighted by Crippen LogP contribution is 2.41. The van der Waals surface area contributed by atoms with E-state index in [0.717, 1.165) is 21.8 Å². The smallest absolute Gasteiger partial charge is 0.341 e. The maximum absolute atomic E-state index is 13.7. The lowest BCUT2D eigenvalue weighted by atomic mass is 10.0. The summed E-state index contributed by atoms with van der Waals surface area (Å²) >= 11 is 2.61. The molecule has 0 saturated heterocycles. The first-order chi connectivity index (χ1) is 21.3. The van der Waals surface area contributed by atoms with Crippen molar-refractivity contribution in [3.8, 4) is 10.6 Å². The minimum absolute atomic E-state index is 0.218. The number of carbonyl (C=O) groups is 3. The molecule has 0 aliphatic heterocycles. The minimum Gasteiger partial charge on any atom is -0.462 e. The molecule has 0 saturated carbocycles. The van der Waals surface area contributed by atoms with E-state index in [9.17, 15) is 14.4 Å². The molecule has 224 valence electrons. The quantitative estimate of drug-likeness (QED) is 0.111. The molecule has 44 heavy (non-hydrogen) atoms. The van der Waals surface area contributed by atoms with Gasteiger partial charge in [-0.3, -0.25) is 9.78 Å². The summed E-state index contributed by atoms with van der Waals surface area (Å²) < 4.78 is 10.7. The Labute approximate surface area is 263 Å². The van der Waals surface area contributed by atoms with Gasteiger partial charge in [-0.15, -0.1) is 22.7 Å². The van der Waals surface area contributed by atoms with Gasteiger partial charge in [0.2, 0.25) is 5.78 Å². The van der Waals surface area contributed by atoms with Gasteiger partial charge in [-0.25, -0.2) is 9.59 Å². The highest BCUT2D eigenvalue weighted by molar-refractivity contribution is 7.20. The number of nitrogens with zero attached hydrogens (tertiary/aromatic N) is 1. The summed E-state index contributed by atoms with van der Waals surface area (Å²) in [5, 5.41) is 7.80. The number of para-hydroxylation sites is 2. The van der Waals surface area contributed by atoms with Crippen LogP contribution >= 0.6 is 22.7 Å². The van der Waals surface area contributed by atoms with Crippen molar-refractivity contribution in [2.45, 2.75) is 27.7 Å². The van der Waals surface area contributed by atoms with Crippen molar-refractivity contribution in [2.24, 2.45) is 0 Å². The average Bonchev–Trinajstić information content (AvgIpc) is 3.53. The maximum atomic E-state index is 13.7. The molecule has 0 aliphatic carbocycles. The SMILES string of the molecule is CCOC(=O)c1c(Nc2ccccc2)sc(C(=O)c2ccc(-c3sc(Nc4ccccc4)c(C(=O)OCC)c3C)nc2)c1C. The molecule has 0 bridgehead atoms. The van der Waals surface area contributed by atoms with Crippen LogP contribution in [0.4, 0.5) is 21.4 Å². The van der Waals surface area contributed by atoms with Crippen molar-refractivity contribution in [1.82, 2.24) is 4.98 Å². The summed E-state index contributed by atoms with van der Waals surface area (Å²) in [6, 6.07) is 22.5. The van der Waals surface area contributed by atoms with Crippen LogP contribution in [0.3, 0.4) is 0 Å². The van der Waals surface area contributed by atoms with Gasteiger partial charge < -0.3 is 20.1 Å². The molecule has 0 fully saturated rings. The van der Waals surface area contributed by atoms with Crippen molar-refractivity contribution in [3.05, 3.63) is 112 Å². The Morgan fingerprint density at radius 2 is 1.23 bits per heavy atom. The minimum atomic E-state index is -0.488. The summed E-state index contributed by atoms with van der Waals surface area (Å²) in [5.74, 6) is -1.15. The van der Waals surface area contributed by atoms with E-state index in [2.05, 4.69) is 15.6 Å².